The van der Waals surface area contributed by atoms with Gasteiger partial charge in [0.2, 0.25) is 0 Å². The molecule has 0 aromatic rings. The quantitative estimate of drug-likeness (QED) is 0.247. The van der Waals surface area contributed by atoms with Crippen molar-refractivity contribution in [1.29, 1.82) is 10.5 Å². The van der Waals surface area contributed by atoms with Gasteiger partial charge in [-0.25, -0.2) is 9.59 Å². The summed E-state index contributed by atoms with van der Waals surface area (Å²) in [5, 5.41) is 27.1. The highest BCUT2D eigenvalue weighted by Gasteiger charge is 2.45. The Labute approximate surface area is 167 Å². The molecule has 0 aromatic heterocycles. The Hall–Kier alpha value is -2.48. The average molecular weight is 393 g/mol. The first-order valence-corrected chi connectivity index (χ1v) is 10.0. The second-order valence-electron chi connectivity index (χ2n) is 6.62. The molecule has 0 saturated carbocycles. The van der Waals surface area contributed by atoms with E-state index in [1.54, 1.807) is 13.8 Å². The van der Waals surface area contributed by atoms with E-state index in [2.05, 4.69) is 10.2 Å². The number of rotatable bonds is 14. The molecule has 0 aliphatic carbocycles. The van der Waals surface area contributed by atoms with Gasteiger partial charge < -0.3 is 9.47 Å². The lowest BCUT2D eigenvalue weighted by Gasteiger charge is -2.22. The third-order valence-electron chi connectivity index (χ3n) is 4.12. The summed E-state index contributed by atoms with van der Waals surface area (Å²) in [4.78, 5) is 25.0. The fraction of sp³-hybridized carbons (Fsp3) is 0.800. The monoisotopic (exact) mass is 392 g/mol. The van der Waals surface area contributed by atoms with E-state index in [0.717, 1.165) is 12.8 Å². The Kier molecular flexibility index (Phi) is 12.4. The number of hydrogen-bond acceptors (Lipinski definition) is 8. The van der Waals surface area contributed by atoms with Gasteiger partial charge in [0.1, 0.15) is 12.1 Å². The lowest BCUT2D eigenvalue weighted by Crippen LogP contribution is -2.40. The molecule has 8 nitrogen and oxygen atoms in total. The zero-order chi connectivity index (χ0) is 21.5. The summed E-state index contributed by atoms with van der Waals surface area (Å²) >= 11 is 0. The third kappa shape index (κ3) is 7.26. The molecule has 0 N–H and O–H groups in total. The lowest BCUT2D eigenvalue weighted by molar-refractivity contribution is -0.150. The van der Waals surface area contributed by atoms with E-state index >= 15 is 0 Å². The number of esters is 2. The van der Waals surface area contributed by atoms with Gasteiger partial charge in [-0.3, -0.25) is 0 Å². The Morgan fingerprint density at radius 1 is 0.750 bits per heavy atom. The van der Waals surface area contributed by atoms with Crippen LogP contribution in [0.5, 0.6) is 0 Å². The molecule has 0 aliphatic rings. The van der Waals surface area contributed by atoms with Crippen LogP contribution in [0.4, 0.5) is 0 Å². The van der Waals surface area contributed by atoms with E-state index in [-0.39, 0.29) is 26.1 Å². The number of azo groups is 1. The van der Waals surface area contributed by atoms with Crippen molar-refractivity contribution in [2.45, 2.75) is 90.1 Å². The zero-order valence-electron chi connectivity index (χ0n) is 17.5. The van der Waals surface area contributed by atoms with Gasteiger partial charge in [0.25, 0.3) is 11.1 Å². The van der Waals surface area contributed by atoms with E-state index in [9.17, 15) is 20.1 Å². The molecule has 0 aromatic carbocycles. The van der Waals surface area contributed by atoms with E-state index < -0.39 is 23.0 Å². The number of unbranched alkanes of at least 4 members (excludes halogenated alkanes) is 2. The van der Waals surface area contributed by atoms with E-state index in [1.165, 1.54) is 0 Å². The molecule has 0 spiro atoms. The van der Waals surface area contributed by atoms with Crippen LogP contribution in [0.1, 0.15) is 79.1 Å². The summed E-state index contributed by atoms with van der Waals surface area (Å²) in [5.74, 6) is -1.62. The van der Waals surface area contributed by atoms with Crippen LogP contribution < -0.4 is 0 Å². The summed E-state index contributed by atoms with van der Waals surface area (Å²) < 4.78 is 10.4. The minimum atomic E-state index is -1.87. The van der Waals surface area contributed by atoms with Crippen molar-refractivity contribution in [3.63, 3.8) is 0 Å². The van der Waals surface area contributed by atoms with Crippen molar-refractivity contribution < 1.29 is 19.1 Å². The normalized spacial score (nSPS) is 15.1. The van der Waals surface area contributed by atoms with Crippen LogP contribution in [-0.4, -0.2) is 36.2 Å². The van der Waals surface area contributed by atoms with Crippen LogP contribution in [0.25, 0.3) is 0 Å². The fourth-order valence-corrected chi connectivity index (χ4v) is 2.39. The number of carbonyl (C=O) groups excluding carboxylic acids is 2. The summed E-state index contributed by atoms with van der Waals surface area (Å²) in [7, 11) is 0. The van der Waals surface area contributed by atoms with Gasteiger partial charge in [-0.15, -0.1) is 0 Å². The second kappa shape index (κ2) is 13.7. The predicted molar refractivity (Wildman–Crippen MR) is 103 cm³/mol. The molecule has 0 amide bonds. The van der Waals surface area contributed by atoms with Crippen molar-refractivity contribution in [3.8, 4) is 12.1 Å². The van der Waals surface area contributed by atoms with Gasteiger partial charge >= 0.3 is 11.9 Å². The van der Waals surface area contributed by atoms with Crippen LogP contribution in [0.15, 0.2) is 10.2 Å². The number of nitrogens with zero attached hydrogens (tertiary/aromatic N) is 4. The van der Waals surface area contributed by atoms with Gasteiger partial charge in [0.05, 0.1) is 13.2 Å². The van der Waals surface area contributed by atoms with Gasteiger partial charge in [0.15, 0.2) is 0 Å². The highest BCUT2D eigenvalue weighted by atomic mass is 16.5. The Balaban J connectivity index is 5.77. The molecule has 0 heterocycles. The molecule has 0 fully saturated rings. The van der Waals surface area contributed by atoms with Crippen LogP contribution >= 0.6 is 0 Å². The largest absolute Gasteiger partial charge is 0.463 e. The number of ether oxygens (including phenoxy) is 2. The topological polar surface area (TPSA) is 125 Å². The van der Waals surface area contributed by atoms with E-state index in [0.29, 0.717) is 25.7 Å². The molecule has 0 rings (SSSR count). The van der Waals surface area contributed by atoms with Crippen molar-refractivity contribution in [2.75, 3.05) is 13.2 Å². The van der Waals surface area contributed by atoms with Crippen LogP contribution in [0.2, 0.25) is 0 Å². The number of carbonyl (C=O) groups is 2. The first-order chi connectivity index (χ1) is 13.4. The smallest absolute Gasteiger partial charge is 0.350 e. The Morgan fingerprint density at radius 3 is 1.36 bits per heavy atom. The zero-order valence-corrected chi connectivity index (χ0v) is 17.5. The van der Waals surface area contributed by atoms with Gasteiger partial charge in [0, 0.05) is 0 Å². The molecule has 0 bridgehead atoms. The summed E-state index contributed by atoms with van der Waals surface area (Å²) in [6, 6.07) is 3.75. The standard InChI is InChI=1S/C20H32N4O4/c1-5-9-13-27-17(25)19(15-21,11-7-3)23-24-20(16-22,12-8-4)18(26)28-14-10-6-2/h5-14H2,1-4H3. The molecule has 0 radical (unpaired) electrons. The summed E-state index contributed by atoms with van der Waals surface area (Å²) in [6.45, 7) is 7.85. The van der Waals surface area contributed by atoms with Crippen molar-refractivity contribution in [1.82, 2.24) is 0 Å². The molecule has 0 saturated heterocycles. The lowest BCUT2D eigenvalue weighted by atomic mass is 9.95. The number of hydrogen-bond donors (Lipinski definition) is 0. The molecule has 156 valence electrons. The van der Waals surface area contributed by atoms with E-state index in [4.69, 9.17) is 9.47 Å². The SMILES string of the molecule is CCCCOC(=O)C(C#N)(CCC)N=NC(C#N)(CCC)C(=O)OCCCC. The molecule has 2 atom stereocenters. The molecular weight excluding hydrogens is 360 g/mol. The average Bonchev–Trinajstić information content (AvgIpc) is 2.70. The minimum absolute atomic E-state index is 0.0798. The van der Waals surface area contributed by atoms with E-state index in [1.807, 2.05) is 26.0 Å². The van der Waals surface area contributed by atoms with Gasteiger partial charge in [-0.05, 0) is 25.7 Å². The van der Waals surface area contributed by atoms with Crippen molar-refractivity contribution >= 4 is 11.9 Å². The Bertz CT molecular complexity index is 556. The highest BCUT2D eigenvalue weighted by Crippen LogP contribution is 2.26. The van der Waals surface area contributed by atoms with Crippen LogP contribution in [-0.2, 0) is 19.1 Å². The van der Waals surface area contributed by atoms with Crippen molar-refractivity contribution in [2.24, 2.45) is 10.2 Å². The molecule has 0 aliphatic heterocycles. The highest BCUT2D eigenvalue weighted by molar-refractivity contribution is 5.86. The van der Waals surface area contributed by atoms with Crippen LogP contribution in [0, 0.1) is 22.7 Å². The molecule has 8 heteroatoms. The molecule has 2 unspecified atom stereocenters. The van der Waals surface area contributed by atoms with Crippen LogP contribution in [0.3, 0.4) is 0 Å². The predicted octanol–water partition coefficient (Wildman–Crippen LogP) is 4.25. The second-order valence-corrected chi connectivity index (χ2v) is 6.62. The molecule has 28 heavy (non-hydrogen) atoms. The summed E-state index contributed by atoms with van der Waals surface area (Å²) in [6.07, 6.45) is 4.11. The maximum absolute atomic E-state index is 12.5. The maximum Gasteiger partial charge on any atom is 0.350 e. The first kappa shape index (κ1) is 25.5. The molecular formula is C20H32N4O4. The van der Waals surface area contributed by atoms with Gasteiger partial charge in [-0.2, -0.15) is 20.8 Å². The Morgan fingerprint density at radius 2 is 1.11 bits per heavy atom. The minimum Gasteiger partial charge on any atom is -0.463 e. The third-order valence-corrected chi connectivity index (χ3v) is 4.12. The summed E-state index contributed by atoms with van der Waals surface area (Å²) in [5.41, 5.74) is -3.75. The fourth-order valence-electron chi connectivity index (χ4n) is 2.39. The maximum atomic E-state index is 12.5. The number of nitriles is 2. The van der Waals surface area contributed by atoms with Crippen molar-refractivity contribution in [3.05, 3.63) is 0 Å². The first-order valence-electron chi connectivity index (χ1n) is 10.0. The van der Waals surface area contributed by atoms with Gasteiger partial charge in [-0.1, -0.05) is 53.4 Å².